The molecule has 5 heteroatoms. The maximum Gasteiger partial charge on any atom is 0.289 e. The van der Waals surface area contributed by atoms with Gasteiger partial charge in [-0.1, -0.05) is 11.6 Å². The largest absolute Gasteiger partial charge is 0.492 e. The number of carbonyl (C=O) groups is 1. The molecule has 0 atom stereocenters. The van der Waals surface area contributed by atoms with Gasteiger partial charge in [-0.3, -0.25) is 4.79 Å². The molecule has 1 aromatic carbocycles. The van der Waals surface area contributed by atoms with E-state index in [4.69, 9.17) is 20.8 Å². The van der Waals surface area contributed by atoms with Gasteiger partial charge in [-0.15, -0.1) is 0 Å². The molecular formula is C15H16ClNO3. The van der Waals surface area contributed by atoms with Crippen molar-refractivity contribution in [3.05, 3.63) is 52.9 Å². The molecule has 0 radical (unpaired) electrons. The van der Waals surface area contributed by atoms with E-state index in [2.05, 4.69) is 0 Å². The number of benzene rings is 1. The minimum atomic E-state index is -0.155. The molecule has 0 saturated carbocycles. The lowest BCUT2D eigenvalue weighted by Gasteiger charge is -2.16. The zero-order chi connectivity index (χ0) is 14.5. The standard InChI is InChI=1S/C15H16ClNO3/c1-11-3-8-14(20-11)15(18)17(2)9-10-19-13-6-4-12(16)5-7-13/h3-8H,9-10H2,1-2H3. The minimum Gasteiger partial charge on any atom is -0.492 e. The molecule has 106 valence electrons. The summed E-state index contributed by atoms with van der Waals surface area (Å²) in [6, 6.07) is 10.5. The normalized spacial score (nSPS) is 10.3. The number of hydrogen-bond donors (Lipinski definition) is 0. The summed E-state index contributed by atoms with van der Waals surface area (Å²) in [5.41, 5.74) is 0. The van der Waals surface area contributed by atoms with Gasteiger partial charge in [0.25, 0.3) is 5.91 Å². The lowest BCUT2D eigenvalue weighted by molar-refractivity contribution is 0.0741. The van der Waals surface area contributed by atoms with Gasteiger partial charge in [-0.2, -0.15) is 0 Å². The zero-order valence-corrected chi connectivity index (χ0v) is 12.2. The molecule has 0 unspecified atom stereocenters. The van der Waals surface area contributed by atoms with Crippen molar-refractivity contribution >= 4 is 17.5 Å². The van der Waals surface area contributed by atoms with Crippen LogP contribution in [0.4, 0.5) is 0 Å². The van der Waals surface area contributed by atoms with Gasteiger partial charge in [0.05, 0.1) is 6.54 Å². The Morgan fingerprint density at radius 3 is 2.55 bits per heavy atom. The van der Waals surface area contributed by atoms with E-state index in [0.717, 1.165) is 11.5 Å². The Labute approximate surface area is 122 Å². The minimum absolute atomic E-state index is 0.155. The second kappa shape index (κ2) is 6.48. The summed E-state index contributed by atoms with van der Waals surface area (Å²) in [6.45, 7) is 2.69. The molecule has 2 rings (SSSR count). The number of rotatable bonds is 5. The number of halogens is 1. The second-order valence-electron chi connectivity index (χ2n) is 4.44. The van der Waals surface area contributed by atoms with E-state index in [-0.39, 0.29) is 5.91 Å². The first-order valence-electron chi connectivity index (χ1n) is 6.26. The van der Waals surface area contributed by atoms with Crippen molar-refractivity contribution in [1.29, 1.82) is 0 Å². The van der Waals surface area contributed by atoms with Crippen molar-refractivity contribution in [2.75, 3.05) is 20.2 Å². The van der Waals surface area contributed by atoms with Gasteiger partial charge in [-0.05, 0) is 43.3 Å². The quantitative estimate of drug-likeness (QED) is 0.848. The van der Waals surface area contributed by atoms with Gasteiger partial charge in [-0.25, -0.2) is 0 Å². The fourth-order valence-corrected chi connectivity index (χ4v) is 1.80. The van der Waals surface area contributed by atoms with Crippen molar-refractivity contribution < 1.29 is 13.9 Å². The van der Waals surface area contributed by atoms with Crippen molar-refractivity contribution in [2.45, 2.75) is 6.92 Å². The SMILES string of the molecule is Cc1ccc(C(=O)N(C)CCOc2ccc(Cl)cc2)o1. The summed E-state index contributed by atoms with van der Waals surface area (Å²) in [5, 5.41) is 0.665. The number of likely N-dealkylation sites (N-methyl/N-ethyl adjacent to an activating group) is 1. The smallest absolute Gasteiger partial charge is 0.289 e. The van der Waals surface area contributed by atoms with Gasteiger partial charge in [0.1, 0.15) is 18.1 Å². The Morgan fingerprint density at radius 2 is 1.95 bits per heavy atom. The molecule has 0 fully saturated rings. The average molecular weight is 294 g/mol. The second-order valence-corrected chi connectivity index (χ2v) is 4.88. The van der Waals surface area contributed by atoms with Crippen LogP contribution in [-0.4, -0.2) is 31.0 Å². The van der Waals surface area contributed by atoms with Crippen molar-refractivity contribution in [3.63, 3.8) is 0 Å². The van der Waals surface area contributed by atoms with Crippen LogP contribution in [0.3, 0.4) is 0 Å². The van der Waals surface area contributed by atoms with E-state index in [1.807, 2.05) is 0 Å². The summed E-state index contributed by atoms with van der Waals surface area (Å²) < 4.78 is 10.8. The fraction of sp³-hybridized carbons (Fsp3) is 0.267. The Balaban J connectivity index is 1.81. The van der Waals surface area contributed by atoms with E-state index >= 15 is 0 Å². The van der Waals surface area contributed by atoms with E-state index in [0.29, 0.717) is 23.9 Å². The highest BCUT2D eigenvalue weighted by molar-refractivity contribution is 6.30. The number of carbonyl (C=O) groups excluding carboxylic acids is 1. The van der Waals surface area contributed by atoms with E-state index < -0.39 is 0 Å². The Bertz CT molecular complexity index is 577. The molecule has 0 aliphatic rings. The molecule has 0 N–H and O–H groups in total. The number of ether oxygens (including phenoxy) is 1. The monoisotopic (exact) mass is 293 g/mol. The molecule has 2 aromatic rings. The Hall–Kier alpha value is -1.94. The van der Waals surface area contributed by atoms with E-state index in [9.17, 15) is 4.79 Å². The van der Waals surface area contributed by atoms with Gasteiger partial charge in [0.15, 0.2) is 5.76 Å². The summed E-state index contributed by atoms with van der Waals surface area (Å²) in [7, 11) is 1.71. The van der Waals surface area contributed by atoms with Crippen molar-refractivity contribution in [2.24, 2.45) is 0 Å². The van der Waals surface area contributed by atoms with Crippen LogP contribution in [-0.2, 0) is 0 Å². The lowest BCUT2D eigenvalue weighted by Crippen LogP contribution is -2.30. The molecule has 0 spiro atoms. The molecule has 20 heavy (non-hydrogen) atoms. The van der Waals surface area contributed by atoms with Crippen LogP contribution in [0.2, 0.25) is 5.02 Å². The van der Waals surface area contributed by atoms with Crippen LogP contribution in [0, 0.1) is 6.92 Å². The number of nitrogens with zero attached hydrogens (tertiary/aromatic N) is 1. The van der Waals surface area contributed by atoms with Crippen molar-refractivity contribution in [1.82, 2.24) is 4.90 Å². The molecule has 1 heterocycles. The number of furan rings is 1. The third-order valence-electron chi connectivity index (χ3n) is 2.81. The van der Waals surface area contributed by atoms with Crippen LogP contribution >= 0.6 is 11.6 Å². The van der Waals surface area contributed by atoms with Gasteiger partial charge >= 0.3 is 0 Å². The highest BCUT2D eigenvalue weighted by atomic mass is 35.5. The lowest BCUT2D eigenvalue weighted by atomic mass is 10.3. The first kappa shape index (κ1) is 14.5. The maximum atomic E-state index is 12.0. The third-order valence-corrected chi connectivity index (χ3v) is 3.06. The van der Waals surface area contributed by atoms with E-state index in [1.165, 1.54) is 0 Å². The van der Waals surface area contributed by atoms with Gasteiger partial charge in [0.2, 0.25) is 0 Å². The summed E-state index contributed by atoms with van der Waals surface area (Å²) in [6.07, 6.45) is 0. The Morgan fingerprint density at radius 1 is 1.25 bits per heavy atom. The first-order valence-corrected chi connectivity index (χ1v) is 6.64. The number of amides is 1. The molecular weight excluding hydrogens is 278 g/mol. The molecule has 4 nitrogen and oxygen atoms in total. The van der Waals surface area contributed by atoms with E-state index in [1.54, 1.807) is 55.3 Å². The molecule has 1 amide bonds. The predicted molar refractivity (Wildman–Crippen MR) is 77.4 cm³/mol. The highest BCUT2D eigenvalue weighted by Crippen LogP contribution is 2.15. The topological polar surface area (TPSA) is 42.7 Å². The first-order chi connectivity index (χ1) is 9.56. The molecule has 0 aliphatic carbocycles. The van der Waals surface area contributed by atoms with Gasteiger partial charge in [0, 0.05) is 12.1 Å². The molecule has 0 aliphatic heterocycles. The van der Waals surface area contributed by atoms with Crippen LogP contribution < -0.4 is 4.74 Å². The van der Waals surface area contributed by atoms with Gasteiger partial charge < -0.3 is 14.1 Å². The summed E-state index contributed by atoms with van der Waals surface area (Å²) in [5.74, 6) is 1.64. The third kappa shape index (κ3) is 3.78. The summed E-state index contributed by atoms with van der Waals surface area (Å²) in [4.78, 5) is 13.6. The molecule has 0 saturated heterocycles. The molecule has 1 aromatic heterocycles. The van der Waals surface area contributed by atoms with Crippen LogP contribution in [0.1, 0.15) is 16.3 Å². The summed E-state index contributed by atoms with van der Waals surface area (Å²) >= 11 is 5.79. The number of hydrogen-bond acceptors (Lipinski definition) is 3. The number of aryl methyl sites for hydroxylation is 1. The maximum absolute atomic E-state index is 12.0. The predicted octanol–water partition coefficient (Wildman–Crippen LogP) is 3.39. The van der Waals surface area contributed by atoms with Crippen LogP contribution in [0.5, 0.6) is 5.75 Å². The van der Waals surface area contributed by atoms with Crippen LogP contribution in [0.15, 0.2) is 40.8 Å². The Kier molecular flexibility index (Phi) is 4.69. The average Bonchev–Trinajstić information content (AvgIpc) is 2.86. The highest BCUT2D eigenvalue weighted by Gasteiger charge is 2.14. The molecule has 0 bridgehead atoms. The fourth-order valence-electron chi connectivity index (χ4n) is 1.67. The zero-order valence-electron chi connectivity index (χ0n) is 11.4. The van der Waals surface area contributed by atoms with Crippen molar-refractivity contribution in [3.8, 4) is 5.75 Å². The van der Waals surface area contributed by atoms with Crippen LogP contribution in [0.25, 0.3) is 0 Å².